The highest BCUT2D eigenvalue weighted by molar-refractivity contribution is 7.73. The lowest BCUT2D eigenvalue weighted by Crippen LogP contribution is -2.23. The van der Waals surface area contributed by atoms with Crippen molar-refractivity contribution in [2.45, 2.75) is 6.92 Å². The number of amides is 1. The maximum atomic E-state index is 11.9. The summed E-state index contributed by atoms with van der Waals surface area (Å²) in [5.41, 5.74) is 1.46. The van der Waals surface area contributed by atoms with Crippen molar-refractivity contribution >= 4 is 35.0 Å². The molecule has 0 atom stereocenters. The van der Waals surface area contributed by atoms with E-state index in [1.807, 2.05) is 19.1 Å². The van der Waals surface area contributed by atoms with E-state index >= 15 is 0 Å². The number of aryl methyl sites for hydroxylation is 1. The van der Waals surface area contributed by atoms with Crippen LogP contribution in [0.2, 0.25) is 0 Å². The number of thiazole rings is 1. The summed E-state index contributed by atoms with van der Waals surface area (Å²) in [7, 11) is 0. The number of carbonyl (C=O) groups is 1. The number of aromatic nitrogens is 1. The molecule has 2 N–H and O–H groups in total. The third-order valence-corrected chi connectivity index (χ3v) is 3.96. The van der Waals surface area contributed by atoms with Crippen LogP contribution in [0.15, 0.2) is 23.2 Å². The molecule has 0 unspecified atom stereocenters. The number of rotatable bonds is 1. The van der Waals surface area contributed by atoms with Crippen LogP contribution in [-0.2, 0) is 4.79 Å². The summed E-state index contributed by atoms with van der Waals surface area (Å²) >= 11 is 6.14. The zero-order chi connectivity index (χ0) is 12.9. The number of hydrogen-bond donors (Lipinski definition) is 2. The molecule has 90 valence electrons. The van der Waals surface area contributed by atoms with Crippen molar-refractivity contribution in [3.8, 4) is 5.88 Å². The Labute approximate surface area is 111 Å². The first-order valence-corrected chi connectivity index (χ1v) is 6.45. The molecule has 0 radical (unpaired) electrons. The molecule has 1 aromatic heterocycles. The van der Waals surface area contributed by atoms with Crippen molar-refractivity contribution in [3.63, 3.8) is 0 Å². The number of hydrogen-bond acceptors (Lipinski definition) is 4. The van der Waals surface area contributed by atoms with Gasteiger partial charge < -0.3 is 10.1 Å². The maximum absolute atomic E-state index is 11.9. The molecule has 0 spiro atoms. The number of benzene rings is 1. The molecule has 0 fully saturated rings. The molecular weight excluding hydrogens is 268 g/mol. The summed E-state index contributed by atoms with van der Waals surface area (Å²) in [6.45, 7) is 1.94. The number of nitrogens with one attached hydrogen (secondary N) is 1. The van der Waals surface area contributed by atoms with Gasteiger partial charge in [0.2, 0.25) is 5.88 Å². The smallest absolute Gasteiger partial charge is 0.279 e. The molecule has 1 aliphatic heterocycles. The quantitative estimate of drug-likeness (QED) is 0.769. The molecule has 0 aliphatic carbocycles. The lowest BCUT2D eigenvalue weighted by Gasteiger charge is -1.96. The number of nitrogens with zero attached hydrogens (tertiary/aromatic N) is 1. The zero-order valence-corrected chi connectivity index (χ0v) is 11.0. The van der Waals surface area contributed by atoms with Crippen LogP contribution < -0.4 is 10.6 Å². The van der Waals surface area contributed by atoms with E-state index in [0.29, 0.717) is 19.8 Å². The molecule has 18 heavy (non-hydrogen) atoms. The van der Waals surface area contributed by atoms with Crippen LogP contribution in [0, 0.1) is 10.9 Å². The van der Waals surface area contributed by atoms with Gasteiger partial charge in [-0.1, -0.05) is 11.6 Å². The molecule has 2 aromatic rings. The Bertz CT molecular complexity index is 846. The number of H-pyrrole nitrogens is 1. The minimum atomic E-state index is -0.337. The van der Waals surface area contributed by atoms with E-state index in [0.717, 1.165) is 10.8 Å². The summed E-state index contributed by atoms with van der Waals surface area (Å²) in [5.74, 6) is -0.408. The maximum Gasteiger partial charge on any atom is 0.279 e. The van der Waals surface area contributed by atoms with Crippen LogP contribution in [0.1, 0.15) is 10.4 Å². The summed E-state index contributed by atoms with van der Waals surface area (Å²) in [4.78, 5) is 19.0. The molecule has 1 amide bonds. The number of carbonyl (C=O) groups excluding carboxylic acids is 1. The molecule has 0 saturated heterocycles. The van der Waals surface area contributed by atoms with Gasteiger partial charge in [-0.2, -0.15) is 0 Å². The summed E-state index contributed by atoms with van der Waals surface area (Å²) in [5, 5.41) is 11.2. The Morgan fingerprint density at radius 1 is 1.44 bits per heavy atom. The minimum Gasteiger partial charge on any atom is -0.494 e. The Balaban J connectivity index is 2.45. The second kappa shape index (κ2) is 3.86. The highest BCUT2D eigenvalue weighted by Gasteiger charge is 2.23. The van der Waals surface area contributed by atoms with Gasteiger partial charge >= 0.3 is 0 Å². The Hall–Kier alpha value is -1.79. The van der Waals surface area contributed by atoms with E-state index < -0.39 is 0 Å². The van der Waals surface area contributed by atoms with Gasteiger partial charge in [-0.15, -0.1) is 11.3 Å². The lowest BCUT2D eigenvalue weighted by molar-refractivity contribution is -0.112. The van der Waals surface area contributed by atoms with Gasteiger partial charge in [-0.25, -0.2) is 4.99 Å². The van der Waals surface area contributed by atoms with Crippen molar-refractivity contribution in [1.29, 1.82) is 0 Å². The number of aromatic amines is 1. The summed E-state index contributed by atoms with van der Waals surface area (Å²) in [6, 6.07) is 5.59. The lowest BCUT2D eigenvalue weighted by atomic mass is 10.1. The Morgan fingerprint density at radius 3 is 2.89 bits per heavy atom. The Morgan fingerprint density at radius 2 is 2.22 bits per heavy atom. The zero-order valence-electron chi connectivity index (χ0n) is 9.35. The largest absolute Gasteiger partial charge is 0.494 e. The second-order valence-corrected chi connectivity index (χ2v) is 5.69. The van der Waals surface area contributed by atoms with Crippen molar-refractivity contribution < 1.29 is 9.90 Å². The summed E-state index contributed by atoms with van der Waals surface area (Å²) in [6.07, 6.45) is 0. The highest BCUT2D eigenvalue weighted by atomic mass is 32.1. The molecule has 1 aliphatic rings. The molecule has 2 heterocycles. The fraction of sp³-hybridized carbons (Fsp3) is 0.0833. The first kappa shape index (κ1) is 11.3. The molecule has 1 aromatic carbocycles. The average Bonchev–Trinajstić information content (AvgIpc) is 2.77. The van der Waals surface area contributed by atoms with Gasteiger partial charge in [-0.3, -0.25) is 4.79 Å². The molecule has 6 heteroatoms. The van der Waals surface area contributed by atoms with Crippen LogP contribution in [0.4, 0.5) is 0 Å². The van der Waals surface area contributed by atoms with Gasteiger partial charge in [0, 0.05) is 5.22 Å². The van der Waals surface area contributed by atoms with Gasteiger partial charge in [0.1, 0.15) is 4.88 Å². The van der Waals surface area contributed by atoms with Crippen LogP contribution in [0.3, 0.4) is 0 Å². The van der Waals surface area contributed by atoms with E-state index in [4.69, 9.17) is 12.2 Å². The van der Waals surface area contributed by atoms with Crippen molar-refractivity contribution in [3.05, 3.63) is 43.2 Å². The SMILES string of the molecule is Cc1ccc2c(c1)=C(c1sc(=S)[nH]c1O)C(=O)N=2. The van der Waals surface area contributed by atoms with E-state index in [1.165, 1.54) is 11.3 Å². The fourth-order valence-corrected chi connectivity index (χ4v) is 3.06. The highest BCUT2D eigenvalue weighted by Crippen LogP contribution is 2.29. The topological polar surface area (TPSA) is 65.4 Å². The average molecular weight is 276 g/mol. The molecular formula is C12H8N2O2S2. The van der Waals surface area contributed by atoms with Crippen LogP contribution >= 0.6 is 23.6 Å². The predicted molar refractivity (Wildman–Crippen MR) is 70.6 cm³/mol. The van der Waals surface area contributed by atoms with Gasteiger partial charge in [0.25, 0.3) is 5.91 Å². The van der Waals surface area contributed by atoms with E-state index in [1.54, 1.807) is 6.07 Å². The third kappa shape index (κ3) is 1.61. The first-order chi connectivity index (χ1) is 8.56. The minimum absolute atomic E-state index is 0.0714. The number of fused-ring (bicyclic) bond motifs is 1. The van der Waals surface area contributed by atoms with Crippen molar-refractivity contribution in [1.82, 2.24) is 4.98 Å². The van der Waals surface area contributed by atoms with E-state index in [-0.39, 0.29) is 11.8 Å². The normalized spacial score (nSPS) is 13.6. The Kier molecular flexibility index (Phi) is 2.42. The van der Waals surface area contributed by atoms with Gasteiger partial charge in [0.05, 0.1) is 10.9 Å². The molecule has 4 nitrogen and oxygen atoms in total. The standard InChI is InChI=1S/C12H8N2O2S2/c1-5-2-3-7-6(4-5)8(10(15)13-7)9-11(16)14-12(17)18-9/h2-4,16H,1H3,(H,14,17). The van der Waals surface area contributed by atoms with Crippen LogP contribution in [0.5, 0.6) is 5.88 Å². The first-order valence-electron chi connectivity index (χ1n) is 5.23. The number of aromatic hydroxyl groups is 1. The third-order valence-electron chi connectivity index (χ3n) is 2.71. The van der Waals surface area contributed by atoms with Crippen LogP contribution in [0.25, 0.3) is 5.57 Å². The second-order valence-electron chi connectivity index (χ2n) is 4.00. The van der Waals surface area contributed by atoms with Crippen LogP contribution in [-0.4, -0.2) is 16.0 Å². The fourth-order valence-electron chi connectivity index (χ4n) is 1.94. The summed E-state index contributed by atoms with van der Waals surface area (Å²) < 4.78 is 0.434. The van der Waals surface area contributed by atoms with Gasteiger partial charge in [0.15, 0.2) is 3.95 Å². The molecule has 0 saturated carbocycles. The van der Waals surface area contributed by atoms with E-state index in [9.17, 15) is 9.90 Å². The van der Waals surface area contributed by atoms with Crippen molar-refractivity contribution in [2.24, 2.45) is 4.99 Å². The molecule has 0 bridgehead atoms. The van der Waals surface area contributed by atoms with Crippen molar-refractivity contribution in [2.75, 3.05) is 0 Å². The van der Waals surface area contributed by atoms with Gasteiger partial charge in [-0.05, 0) is 31.3 Å². The van der Waals surface area contributed by atoms with E-state index in [2.05, 4.69) is 9.98 Å². The molecule has 3 rings (SSSR count). The monoisotopic (exact) mass is 276 g/mol. The predicted octanol–water partition coefficient (Wildman–Crippen LogP) is 1.18.